The van der Waals surface area contributed by atoms with Gasteiger partial charge in [0.1, 0.15) is 5.75 Å². The highest BCUT2D eigenvalue weighted by Gasteiger charge is 2.33. The minimum absolute atomic E-state index is 0.159. The summed E-state index contributed by atoms with van der Waals surface area (Å²) in [5.41, 5.74) is 5.12. The first-order valence-electron chi connectivity index (χ1n) is 4.68. The van der Waals surface area contributed by atoms with Crippen molar-refractivity contribution in [1.29, 1.82) is 0 Å². The normalized spacial score (nSPS) is 16.9. The first-order valence-corrected chi connectivity index (χ1v) is 6.50. The van der Waals surface area contributed by atoms with Crippen molar-refractivity contribution < 1.29 is 17.9 Å². The quantitative estimate of drug-likeness (QED) is 0.641. The molecule has 0 aliphatic carbocycles. The van der Waals surface area contributed by atoms with Crippen LogP contribution in [0.2, 0.25) is 5.02 Å². The van der Waals surface area contributed by atoms with Gasteiger partial charge in [-0.1, -0.05) is 11.6 Å². The molecule has 0 amide bonds. The van der Waals surface area contributed by atoms with Gasteiger partial charge in [-0.3, -0.25) is 0 Å². The molecule has 8 heteroatoms. The number of carbonyl (C=O) groups is 1. The third kappa shape index (κ3) is 2.36. The maximum Gasteiger partial charge on any atom is 0.359 e. The second-order valence-corrected chi connectivity index (χ2v) is 5.34. The van der Waals surface area contributed by atoms with Crippen LogP contribution in [0.25, 0.3) is 0 Å². The lowest BCUT2D eigenvalue weighted by atomic mass is 10.3. The predicted molar refractivity (Wildman–Crippen MR) is 65.7 cm³/mol. The number of ether oxygens (including phenoxy) is 1. The molecule has 1 aromatic carbocycles. The lowest BCUT2D eigenvalue weighted by Crippen LogP contribution is -2.19. The molecular weight excluding hydrogens is 280 g/mol. The molecule has 0 bridgehead atoms. The lowest BCUT2D eigenvalue weighted by molar-refractivity contribution is -0.129. The van der Waals surface area contributed by atoms with Crippen LogP contribution in [0.15, 0.2) is 39.3 Å². The molecule has 18 heavy (non-hydrogen) atoms. The second-order valence-electron chi connectivity index (χ2n) is 3.34. The first kappa shape index (κ1) is 12.6. The summed E-state index contributed by atoms with van der Waals surface area (Å²) in [6.45, 7) is 0. The van der Waals surface area contributed by atoms with Crippen molar-refractivity contribution in [1.82, 2.24) is 0 Å². The molecule has 0 aromatic heterocycles. The minimum atomic E-state index is -4.04. The summed E-state index contributed by atoms with van der Waals surface area (Å²) in [4.78, 5) is 11.0. The van der Waals surface area contributed by atoms with Gasteiger partial charge < -0.3 is 10.5 Å². The number of halogens is 1. The molecule has 94 valence electrons. The van der Waals surface area contributed by atoms with Crippen LogP contribution in [-0.2, 0) is 14.8 Å². The van der Waals surface area contributed by atoms with Crippen molar-refractivity contribution in [2.75, 3.05) is 0 Å². The van der Waals surface area contributed by atoms with Crippen molar-refractivity contribution >= 4 is 33.8 Å². The molecule has 0 spiro atoms. The van der Waals surface area contributed by atoms with Crippen molar-refractivity contribution in [2.24, 2.45) is 10.1 Å². The molecule has 2 N–H and O–H groups in total. The number of sulfonamides is 1. The van der Waals surface area contributed by atoms with Crippen LogP contribution in [-0.4, -0.2) is 20.6 Å². The first-order chi connectivity index (χ1) is 8.40. The van der Waals surface area contributed by atoms with Crippen molar-refractivity contribution in [3.05, 3.63) is 39.9 Å². The van der Waals surface area contributed by atoms with Gasteiger partial charge >= 0.3 is 5.97 Å². The van der Waals surface area contributed by atoms with Crippen molar-refractivity contribution in [3.63, 3.8) is 0 Å². The number of hydrogen-bond acceptors (Lipinski definition) is 5. The molecule has 1 aliphatic rings. The van der Waals surface area contributed by atoms with Crippen molar-refractivity contribution in [2.45, 2.75) is 0 Å². The molecule has 2 rings (SSSR count). The van der Waals surface area contributed by atoms with E-state index in [1.165, 1.54) is 24.3 Å². The smallest absolute Gasteiger partial charge is 0.359 e. The lowest BCUT2D eigenvalue weighted by Gasteiger charge is -2.04. The van der Waals surface area contributed by atoms with E-state index in [4.69, 9.17) is 22.1 Å². The number of rotatable bonds is 2. The fourth-order valence-corrected chi connectivity index (χ4v) is 2.35. The zero-order chi connectivity index (χ0) is 13.3. The van der Waals surface area contributed by atoms with E-state index in [0.29, 0.717) is 5.02 Å². The van der Waals surface area contributed by atoms with Gasteiger partial charge in [-0.15, -0.1) is 0 Å². The summed E-state index contributed by atoms with van der Waals surface area (Å²) < 4.78 is 30.8. The van der Waals surface area contributed by atoms with E-state index in [-0.39, 0.29) is 11.4 Å². The van der Waals surface area contributed by atoms with Crippen LogP contribution in [0.1, 0.15) is 0 Å². The zero-order valence-electron chi connectivity index (χ0n) is 8.83. The number of benzene rings is 1. The third-order valence-corrected chi connectivity index (χ3v) is 3.61. The molecule has 0 atom stereocenters. The molecule has 0 fully saturated rings. The van der Waals surface area contributed by atoms with Gasteiger partial charge in [0.2, 0.25) is 0 Å². The van der Waals surface area contributed by atoms with Crippen LogP contribution >= 0.6 is 11.6 Å². The minimum Gasteiger partial charge on any atom is -0.422 e. The molecule has 0 saturated carbocycles. The Morgan fingerprint density at radius 1 is 1.28 bits per heavy atom. The average Bonchev–Trinajstić information content (AvgIpc) is 2.56. The second kappa shape index (κ2) is 4.43. The number of hydrogen-bond donors (Lipinski definition) is 1. The predicted octanol–water partition coefficient (Wildman–Crippen LogP) is 0.830. The Morgan fingerprint density at radius 3 is 2.39 bits per heavy atom. The van der Waals surface area contributed by atoms with Crippen LogP contribution in [0.5, 0.6) is 5.75 Å². The highest BCUT2D eigenvalue weighted by atomic mass is 35.5. The third-order valence-electron chi connectivity index (χ3n) is 2.06. The topological polar surface area (TPSA) is 98.8 Å². The van der Waals surface area contributed by atoms with E-state index in [1.54, 1.807) is 0 Å². The highest BCUT2D eigenvalue weighted by molar-refractivity contribution is 7.95. The van der Waals surface area contributed by atoms with E-state index in [0.717, 1.165) is 6.21 Å². The Hall–Kier alpha value is -1.86. The van der Waals surface area contributed by atoms with E-state index in [2.05, 4.69) is 4.40 Å². The monoisotopic (exact) mass is 286 g/mol. The Labute approximate surface area is 108 Å². The number of nitrogens with two attached hydrogens (primary N) is 1. The van der Waals surface area contributed by atoms with E-state index in [9.17, 15) is 13.2 Å². The molecule has 1 heterocycles. The average molecular weight is 287 g/mol. The van der Waals surface area contributed by atoms with Gasteiger partial charge in [0.05, 0.1) is 11.9 Å². The standard InChI is InChI=1S/C10H7ClN2O4S/c11-6-1-3-7(4-2-6)17-10(14)9-8(12)5-13-18(9,15)16/h1-5H,12H2. The van der Waals surface area contributed by atoms with E-state index in [1.807, 2.05) is 0 Å². The van der Waals surface area contributed by atoms with Crippen LogP contribution in [0.3, 0.4) is 0 Å². The molecule has 0 saturated heterocycles. The maximum atomic E-state index is 11.7. The highest BCUT2D eigenvalue weighted by Crippen LogP contribution is 2.21. The Bertz CT molecular complexity index is 662. The van der Waals surface area contributed by atoms with Gasteiger partial charge in [-0.25, -0.2) is 4.79 Å². The molecule has 1 aromatic rings. The summed E-state index contributed by atoms with van der Waals surface area (Å²) in [5.74, 6) is -0.917. The Kier molecular flexibility index (Phi) is 3.10. The number of nitrogens with zero attached hydrogens (tertiary/aromatic N) is 1. The largest absolute Gasteiger partial charge is 0.422 e. The van der Waals surface area contributed by atoms with Gasteiger partial charge in [0.25, 0.3) is 10.0 Å². The van der Waals surface area contributed by atoms with Gasteiger partial charge in [0, 0.05) is 5.02 Å². The van der Waals surface area contributed by atoms with Gasteiger partial charge in [0.15, 0.2) is 4.91 Å². The fourth-order valence-electron chi connectivity index (χ4n) is 1.27. The Morgan fingerprint density at radius 2 is 1.89 bits per heavy atom. The molecule has 6 nitrogen and oxygen atoms in total. The number of allylic oxidation sites excluding steroid dienone is 1. The maximum absolute atomic E-state index is 11.7. The van der Waals surface area contributed by atoms with Crippen molar-refractivity contribution in [3.8, 4) is 5.75 Å². The van der Waals surface area contributed by atoms with Gasteiger partial charge in [-0.2, -0.15) is 12.8 Å². The molecule has 0 radical (unpaired) electrons. The van der Waals surface area contributed by atoms with Crippen LogP contribution in [0.4, 0.5) is 0 Å². The summed E-state index contributed by atoms with van der Waals surface area (Å²) in [7, 11) is -4.04. The summed E-state index contributed by atoms with van der Waals surface area (Å²) in [6, 6.07) is 5.86. The molecule has 1 aliphatic heterocycles. The zero-order valence-corrected chi connectivity index (χ0v) is 10.4. The van der Waals surface area contributed by atoms with Gasteiger partial charge in [-0.05, 0) is 24.3 Å². The molecular formula is C10H7ClN2O4S. The van der Waals surface area contributed by atoms with Crippen LogP contribution < -0.4 is 10.5 Å². The summed E-state index contributed by atoms with van der Waals surface area (Å²) >= 11 is 5.66. The van der Waals surface area contributed by atoms with Crippen LogP contribution in [0, 0.1) is 0 Å². The van der Waals surface area contributed by atoms with E-state index >= 15 is 0 Å². The number of esters is 1. The fraction of sp³-hybridized carbons (Fsp3) is 0. The molecule has 0 unspecified atom stereocenters. The van der Waals surface area contributed by atoms with E-state index < -0.39 is 20.9 Å². The summed E-state index contributed by atoms with van der Waals surface area (Å²) in [6.07, 6.45) is 0.897. The SMILES string of the molecule is NC1=C(C(=O)Oc2ccc(Cl)cc2)S(=O)(=O)N=C1. The summed E-state index contributed by atoms with van der Waals surface area (Å²) in [5, 5.41) is 0.463. The number of carbonyl (C=O) groups excluding carboxylic acids is 1. The Balaban J connectivity index is 2.25.